The Balaban J connectivity index is 1.71. The fourth-order valence-corrected chi connectivity index (χ4v) is 3.25. The molecule has 0 amide bonds. The van der Waals surface area contributed by atoms with E-state index in [9.17, 15) is 23.1 Å². The molecule has 0 radical (unpaired) electrons. The van der Waals surface area contributed by atoms with Gasteiger partial charge in [0.25, 0.3) is 0 Å². The van der Waals surface area contributed by atoms with Gasteiger partial charge in [0, 0.05) is 0 Å². The van der Waals surface area contributed by atoms with Gasteiger partial charge in [-0.05, 0) is 34.4 Å². The van der Waals surface area contributed by atoms with Gasteiger partial charge in [0.15, 0.2) is 11.5 Å². The summed E-state index contributed by atoms with van der Waals surface area (Å²) in [6.45, 7) is 0. The topological polar surface area (TPSA) is 46.5 Å². The van der Waals surface area contributed by atoms with Crippen molar-refractivity contribution >= 4 is 17.6 Å². The van der Waals surface area contributed by atoms with E-state index in [4.69, 9.17) is 4.74 Å². The van der Waals surface area contributed by atoms with E-state index in [0.29, 0.717) is 5.56 Å². The Hall–Kier alpha value is -3.80. The normalized spacial score (nSPS) is 15.6. The average molecular weight is 408 g/mol. The lowest BCUT2D eigenvalue weighted by molar-refractivity contribution is -0.137. The molecule has 30 heavy (non-hydrogen) atoms. The summed E-state index contributed by atoms with van der Waals surface area (Å²) >= 11 is 0. The number of aliphatic hydroxyl groups excluding tert-OH is 1. The zero-order valence-electron chi connectivity index (χ0n) is 15.5. The van der Waals surface area contributed by atoms with Gasteiger partial charge >= 0.3 is 12.1 Å². The number of ether oxygens (including phenoxy) is 1. The second-order valence-corrected chi connectivity index (χ2v) is 6.65. The molecule has 0 aromatic heterocycles. The summed E-state index contributed by atoms with van der Waals surface area (Å²) in [4.78, 5) is 12.3. The minimum absolute atomic E-state index is 0.0923. The summed E-state index contributed by atoms with van der Waals surface area (Å²) in [7, 11) is 0. The fourth-order valence-electron chi connectivity index (χ4n) is 3.25. The molecule has 0 spiro atoms. The number of benzene rings is 3. The van der Waals surface area contributed by atoms with E-state index in [-0.39, 0.29) is 16.9 Å². The van der Waals surface area contributed by atoms with Crippen LogP contribution in [0.2, 0.25) is 0 Å². The highest BCUT2D eigenvalue weighted by molar-refractivity contribution is 6.21. The first kappa shape index (κ1) is 19.5. The maximum absolute atomic E-state index is 13.2. The molecule has 0 aliphatic carbocycles. The van der Waals surface area contributed by atoms with Crippen LogP contribution in [0, 0.1) is 0 Å². The summed E-state index contributed by atoms with van der Waals surface area (Å²) in [6, 6.07) is 21.3. The van der Waals surface area contributed by atoms with Crippen molar-refractivity contribution in [3.05, 3.63) is 107 Å². The Bertz CT molecular complexity index is 1160. The molecule has 6 heteroatoms. The number of halogens is 3. The van der Waals surface area contributed by atoms with Gasteiger partial charge in [-0.15, -0.1) is 0 Å². The minimum atomic E-state index is -4.58. The van der Waals surface area contributed by atoms with E-state index >= 15 is 0 Å². The summed E-state index contributed by atoms with van der Waals surface area (Å²) < 4.78 is 44.7. The van der Waals surface area contributed by atoms with Crippen LogP contribution >= 0.6 is 0 Å². The zero-order valence-corrected chi connectivity index (χ0v) is 15.5. The molecule has 0 saturated heterocycles. The number of rotatable bonds is 3. The van der Waals surface area contributed by atoms with Gasteiger partial charge in [0.05, 0.1) is 5.56 Å². The standard InChI is InChI=1S/C24H15F3O3/c25-24(26,27)19-9-5-4-8-18(19)14-20-22(28)21(23(29)30-20)17-12-10-16(11-13-17)15-6-2-1-3-7-15/h1-14,28H/b20-14-. The highest BCUT2D eigenvalue weighted by Gasteiger charge is 2.35. The predicted octanol–water partition coefficient (Wildman–Crippen LogP) is 6.24. The van der Waals surface area contributed by atoms with Gasteiger partial charge in [-0.1, -0.05) is 72.8 Å². The molecule has 3 nitrogen and oxygen atoms in total. The third-order valence-corrected chi connectivity index (χ3v) is 4.71. The Morgan fingerprint density at radius 2 is 1.33 bits per heavy atom. The number of hydrogen-bond donors (Lipinski definition) is 1. The molecule has 1 aliphatic heterocycles. The molecule has 0 saturated carbocycles. The molecular formula is C24H15F3O3. The van der Waals surface area contributed by atoms with Crippen molar-refractivity contribution in [2.75, 3.05) is 0 Å². The van der Waals surface area contributed by atoms with E-state index in [1.807, 2.05) is 30.3 Å². The van der Waals surface area contributed by atoms with E-state index in [1.165, 1.54) is 18.2 Å². The summed E-state index contributed by atoms with van der Waals surface area (Å²) in [5.41, 5.74) is 1.12. The average Bonchev–Trinajstić information content (AvgIpc) is 3.01. The molecule has 3 aromatic rings. The molecule has 0 fully saturated rings. The molecule has 0 unspecified atom stereocenters. The lowest BCUT2D eigenvalue weighted by Crippen LogP contribution is -2.07. The second kappa shape index (κ2) is 7.55. The van der Waals surface area contributed by atoms with Crippen molar-refractivity contribution in [3.8, 4) is 11.1 Å². The molecular weight excluding hydrogens is 393 g/mol. The van der Waals surface area contributed by atoms with Gasteiger partial charge in [-0.25, -0.2) is 4.79 Å². The smallest absolute Gasteiger partial charge is 0.416 e. The lowest BCUT2D eigenvalue weighted by atomic mass is 9.99. The number of esters is 1. The highest BCUT2D eigenvalue weighted by atomic mass is 19.4. The molecule has 3 aromatic carbocycles. The van der Waals surface area contributed by atoms with Crippen LogP contribution in [0.15, 0.2) is 90.4 Å². The monoisotopic (exact) mass is 408 g/mol. The van der Waals surface area contributed by atoms with Crippen LogP contribution in [-0.4, -0.2) is 11.1 Å². The van der Waals surface area contributed by atoms with Crippen molar-refractivity contribution < 1.29 is 27.8 Å². The molecule has 1 heterocycles. The van der Waals surface area contributed by atoms with Crippen molar-refractivity contribution in [2.45, 2.75) is 6.18 Å². The van der Waals surface area contributed by atoms with Crippen LogP contribution in [0.1, 0.15) is 16.7 Å². The van der Waals surface area contributed by atoms with E-state index < -0.39 is 23.5 Å². The van der Waals surface area contributed by atoms with Crippen molar-refractivity contribution in [3.63, 3.8) is 0 Å². The SMILES string of the molecule is O=C1O/C(=C\c2ccccc2C(F)(F)F)C(O)=C1c1ccc(-c2ccccc2)cc1. The number of carbonyl (C=O) groups excluding carboxylic acids is 1. The van der Waals surface area contributed by atoms with E-state index in [2.05, 4.69) is 0 Å². The maximum atomic E-state index is 13.2. The van der Waals surface area contributed by atoms with Crippen LogP contribution in [0.5, 0.6) is 0 Å². The highest BCUT2D eigenvalue weighted by Crippen LogP contribution is 2.37. The molecule has 1 aliphatic rings. The van der Waals surface area contributed by atoms with Crippen LogP contribution in [0.25, 0.3) is 22.8 Å². The van der Waals surface area contributed by atoms with Crippen LogP contribution in [0.3, 0.4) is 0 Å². The number of cyclic esters (lactones) is 1. The van der Waals surface area contributed by atoms with E-state index in [1.54, 1.807) is 24.3 Å². The van der Waals surface area contributed by atoms with E-state index in [0.717, 1.165) is 23.3 Å². The van der Waals surface area contributed by atoms with Crippen LogP contribution in [0.4, 0.5) is 13.2 Å². The third-order valence-electron chi connectivity index (χ3n) is 4.71. The maximum Gasteiger partial charge on any atom is 0.416 e. The Morgan fingerprint density at radius 1 is 0.767 bits per heavy atom. The van der Waals surface area contributed by atoms with Crippen molar-refractivity contribution in [1.82, 2.24) is 0 Å². The summed E-state index contributed by atoms with van der Waals surface area (Å²) in [5, 5.41) is 10.5. The van der Waals surface area contributed by atoms with Gasteiger partial charge in [-0.2, -0.15) is 13.2 Å². The van der Waals surface area contributed by atoms with Crippen molar-refractivity contribution in [2.24, 2.45) is 0 Å². The van der Waals surface area contributed by atoms with Gasteiger partial charge in [-0.3, -0.25) is 0 Å². The predicted molar refractivity (Wildman–Crippen MR) is 107 cm³/mol. The summed E-state index contributed by atoms with van der Waals surface area (Å²) in [5.74, 6) is -1.64. The molecule has 1 N–H and O–H groups in total. The van der Waals surface area contributed by atoms with Gasteiger partial charge in [0.1, 0.15) is 5.57 Å². The Labute approximate surface area is 170 Å². The Kier molecular flexibility index (Phi) is 4.91. The Morgan fingerprint density at radius 3 is 2.00 bits per heavy atom. The third kappa shape index (κ3) is 3.72. The van der Waals surface area contributed by atoms with Crippen LogP contribution < -0.4 is 0 Å². The first-order chi connectivity index (χ1) is 14.3. The molecule has 4 rings (SSSR count). The van der Waals surface area contributed by atoms with Gasteiger partial charge < -0.3 is 9.84 Å². The first-order valence-electron chi connectivity index (χ1n) is 9.04. The zero-order chi connectivity index (χ0) is 21.3. The second-order valence-electron chi connectivity index (χ2n) is 6.65. The fraction of sp³-hybridized carbons (Fsp3) is 0.0417. The largest absolute Gasteiger partial charge is 0.504 e. The molecule has 0 atom stereocenters. The number of carbonyl (C=O) groups is 1. The first-order valence-corrected chi connectivity index (χ1v) is 9.04. The minimum Gasteiger partial charge on any atom is -0.504 e. The van der Waals surface area contributed by atoms with Crippen molar-refractivity contribution in [1.29, 1.82) is 0 Å². The molecule has 150 valence electrons. The summed E-state index contributed by atoms with van der Waals surface area (Å²) in [6.07, 6.45) is -3.56. The quantitative estimate of drug-likeness (QED) is 0.522. The molecule has 0 bridgehead atoms. The van der Waals surface area contributed by atoms with Gasteiger partial charge in [0.2, 0.25) is 0 Å². The van der Waals surface area contributed by atoms with Crippen LogP contribution in [-0.2, 0) is 15.7 Å². The number of alkyl halides is 3. The number of aliphatic hydroxyl groups is 1. The number of hydrogen-bond acceptors (Lipinski definition) is 3. The lowest BCUT2D eigenvalue weighted by Gasteiger charge is -2.10.